The quantitative estimate of drug-likeness (QED) is 0.0389. The lowest BCUT2D eigenvalue weighted by Crippen LogP contribution is -2.45. The number of nitrogens with one attached hydrogen (secondary N) is 2. The lowest BCUT2D eigenvalue weighted by atomic mass is 9.89. The van der Waals surface area contributed by atoms with Gasteiger partial charge in [-0.05, 0) is 130 Å². The summed E-state index contributed by atoms with van der Waals surface area (Å²) in [6.45, 7) is 34.5. The highest BCUT2D eigenvalue weighted by molar-refractivity contribution is 6.20. The second-order valence-electron chi connectivity index (χ2n) is 33.5. The molecule has 0 radical (unpaired) electrons. The molecule has 12 aliphatic rings. The summed E-state index contributed by atoms with van der Waals surface area (Å²) in [5, 5.41) is 35.5. The monoisotopic (exact) mass is 1570 g/mol. The first kappa shape index (κ1) is 81.7. The van der Waals surface area contributed by atoms with E-state index in [1.807, 2.05) is 12.1 Å². The number of benzene rings is 4. The summed E-state index contributed by atoms with van der Waals surface area (Å²) >= 11 is 0. The van der Waals surface area contributed by atoms with Crippen LogP contribution in [0.2, 0.25) is 0 Å². The van der Waals surface area contributed by atoms with Crippen LogP contribution in [0.3, 0.4) is 0 Å². The molecule has 2 aromatic heterocycles. The molecule has 0 atom stereocenters. The first-order valence-electron chi connectivity index (χ1n) is 42.9. The van der Waals surface area contributed by atoms with E-state index >= 15 is 0 Å². The van der Waals surface area contributed by atoms with Crippen LogP contribution in [0, 0.1) is 0 Å². The molecule has 10 aliphatic heterocycles. The summed E-state index contributed by atoms with van der Waals surface area (Å²) in [4.78, 5) is 126. The number of rotatable bonds is 28. The maximum Gasteiger partial charge on any atom is 0.263 e. The van der Waals surface area contributed by atoms with E-state index in [4.69, 9.17) is 19.5 Å². The largest absolute Gasteiger partial charge is 0.494 e. The number of aromatic nitrogens is 4. The summed E-state index contributed by atoms with van der Waals surface area (Å²) in [6.07, 6.45) is 8.57. The number of piperidine rings is 2. The van der Waals surface area contributed by atoms with Crippen molar-refractivity contribution in [1.29, 1.82) is 0 Å². The molecule has 2 aromatic carbocycles. The van der Waals surface area contributed by atoms with E-state index in [2.05, 4.69) is 97.6 Å². The van der Waals surface area contributed by atoms with Gasteiger partial charge >= 0.3 is 0 Å². The number of nitrogens with zero attached hydrogens (tertiary/aromatic N) is 18. The van der Waals surface area contributed by atoms with Gasteiger partial charge in [0.05, 0.1) is 76.4 Å². The molecule has 0 unspecified atom stereocenters. The Labute approximate surface area is 667 Å². The first-order chi connectivity index (χ1) is 55.5. The molecule has 2 aliphatic carbocycles. The number of hydrogen-bond acceptors (Lipinski definition) is 26. The zero-order valence-electron chi connectivity index (χ0n) is 68.3. The first-order valence-corrected chi connectivity index (χ1v) is 42.9. The van der Waals surface area contributed by atoms with E-state index in [0.717, 1.165) is 222 Å². The average molecular weight is 1570 g/mol. The van der Waals surface area contributed by atoms with Gasteiger partial charge in [0.15, 0.2) is 0 Å². The average Bonchev–Trinajstić information content (AvgIpc) is 0.704. The van der Waals surface area contributed by atoms with Crippen LogP contribution in [0.4, 0.5) is 11.4 Å². The number of hydrogen-bond donors (Lipinski definition) is 4. The van der Waals surface area contributed by atoms with Crippen LogP contribution < -0.4 is 54.7 Å². The second-order valence-corrected chi connectivity index (χ2v) is 33.5. The predicted molar refractivity (Wildman–Crippen MR) is 452 cm³/mol. The fraction of sp³-hybridized carbons (Fsp3) is 0.667. The number of anilines is 2. The van der Waals surface area contributed by atoms with Gasteiger partial charge in [0, 0.05) is 260 Å². The Morgan fingerprint density at radius 3 is 1.06 bits per heavy atom. The van der Waals surface area contributed by atoms with Crippen molar-refractivity contribution >= 4 is 54.5 Å². The van der Waals surface area contributed by atoms with E-state index in [-0.39, 0.29) is 71.3 Å². The zero-order valence-corrected chi connectivity index (χ0v) is 68.3. The SMILES string of the molecule is CN1CCN(CCCN=c2cc3c(=O)n(CCN4CCCCC4)c(=O)c4c(NCCCN5CCN(C)CC5)cc5c(O)n(CCN6CCOCC6)c(=O)c2c5c4-3)CC1.CN1CCN(CCN=c2cc3c(=O)n(CCN4CCCCC4)c(=O)c4c(NCCN5CCN(C)CC5)cc5c(O)n(CCN6CCOCC6)c(=O)c2c5c4-3)CC1. The third-order valence-corrected chi connectivity index (χ3v) is 25.9. The van der Waals surface area contributed by atoms with Crippen LogP contribution >= 0.6 is 0 Å². The number of morpholine rings is 2. The molecule has 0 amide bonds. The lowest BCUT2D eigenvalue weighted by Gasteiger charge is -2.32. The summed E-state index contributed by atoms with van der Waals surface area (Å²) in [5.74, 6) is -0.305. The molecule has 0 saturated carbocycles. The van der Waals surface area contributed by atoms with Gasteiger partial charge in [0.25, 0.3) is 33.4 Å². The maximum atomic E-state index is 14.7. The minimum atomic E-state index is -0.371. The van der Waals surface area contributed by atoms with Crippen molar-refractivity contribution in [2.45, 2.75) is 77.5 Å². The van der Waals surface area contributed by atoms with Gasteiger partial charge < -0.3 is 69.5 Å². The number of likely N-dealkylation sites (tertiary alicyclic amines) is 2. The van der Waals surface area contributed by atoms with Crippen molar-refractivity contribution in [2.24, 2.45) is 9.98 Å². The highest BCUT2D eigenvalue weighted by atomic mass is 16.5. The van der Waals surface area contributed by atoms with Crippen molar-refractivity contribution in [3.63, 3.8) is 0 Å². The lowest BCUT2D eigenvalue weighted by molar-refractivity contribution is 0.0360. The zero-order chi connectivity index (χ0) is 78.9. The molecule has 30 nitrogen and oxygen atoms in total. The van der Waals surface area contributed by atoms with Crippen molar-refractivity contribution in [3.05, 3.63) is 97.1 Å². The van der Waals surface area contributed by atoms with E-state index in [0.29, 0.717) is 166 Å². The summed E-state index contributed by atoms with van der Waals surface area (Å²) in [6, 6.07) is 7.20. The van der Waals surface area contributed by atoms with Crippen molar-refractivity contribution in [3.8, 4) is 34.0 Å². The minimum absolute atomic E-state index is 0.150. The molecule has 12 heterocycles. The van der Waals surface area contributed by atoms with E-state index < -0.39 is 0 Å². The molecule has 4 N–H and O–H groups in total. The van der Waals surface area contributed by atoms with E-state index in [9.17, 15) is 39.0 Å². The predicted octanol–water partition coefficient (Wildman–Crippen LogP) is 0.756. The molecule has 0 bridgehead atoms. The summed E-state index contributed by atoms with van der Waals surface area (Å²) < 4.78 is 16.8. The van der Waals surface area contributed by atoms with Crippen LogP contribution in [-0.2, 0) is 35.7 Å². The molecule has 620 valence electrons. The fourth-order valence-electron chi connectivity index (χ4n) is 18.6. The van der Waals surface area contributed by atoms with Crippen LogP contribution in [0.25, 0.3) is 65.3 Å². The van der Waals surface area contributed by atoms with Gasteiger partial charge in [-0.2, -0.15) is 0 Å². The van der Waals surface area contributed by atoms with Crippen LogP contribution in [0.15, 0.2) is 63.0 Å². The van der Waals surface area contributed by atoms with Gasteiger partial charge in [0.2, 0.25) is 11.8 Å². The second kappa shape index (κ2) is 37.9. The van der Waals surface area contributed by atoms with Crippen molar-refractivity contribution < 1.29 is 19.7 Å². The number of piperazine rings is 4. The molecule has 8 fully saturated rings. The van der Waals surface area contributed by atoms with Gasteiger partial charge in [-0.15, -0.1) is 0 Å². The Morgan fingerprint density at radius 2 is 0.649 bits per heavy atom. The molecule has 30 heteroatoms. The Balaban J connectivity index is 0.000000180. The molecular weight excluding hydrogens is 1450 g/mol. The van der Waals surface area contributed by atoms with Crippen molar-refractivity contribution in [2.75, 3.05) is 301 Å². The number of likely N-dealkylation sites (N-methyl/N-ethyl adjacent to an activating group) is 4. The Morgan fingerprint density at radius 1 is 0.316 bits per heavy atom. The molecule has 114 heavy (non-hydrogen) atoms. The molecular formula is C84H124N20O10. The van der Waals surface area contributed by atoms with E-state index in [1.165, 1.54) is 31.1 Å². The fourth-order valence-corrected chi connectivity index (χ4v) is 18.6. The molecule has 8 saturated heterocycles. The molecule has 4 aromatic rings. The standard InChI is InChI=1S/C43H64N10O5.C41H60N10O5/c1-46-14-18-49(19-15-46)12-6-8-44-34-31-33-37-36-32(40(54)52(42(56)38(34)36)24-22-48-10-4-3-5-11-48)30-35(45-9-7-13-50-20-16-47(2)17-21-50)39(37)43(57)53(41(33)55)25-23-51-26-28-58-29-27-51;1-44-12-16-47(17-13-44)10-6-42-32-29-31-35-34-30(38(52)50(40(54)36(32)34)22-20-46-8-4-3-5-9-46)28-33(43-7-11-48-18-14-45(2)15-19-48)37(35)41(55)51(39(31)53)23-21-49-24-26-56-27-25-49/h30-31,44,55H,3-29H2,1-2H3;28-29,42,53H,3-27H2,1-2H3. The third kappa shape index (κ3) is 18.5. The van der Waals surface area contributed by atoms with Gasteiger partial charge in [0.1, 0.15) is 0 Å². The Bertz CT molecular complexity index is 4980. The minimum Gasteiger partial charge on any atom is -0.494 e. The maximum absolute atomic E-state index is 14.7. The summed E-state index contributed by atoms with van der Waals surface area (Å²) in [7, 11) is 8.58. The number of ether oxygens (including phenoxy) is 2. The topological polar surface area (TPSA) is 269 Å². The third-order valence-electron chi connectivity index (χ3n) is 25.9. The summed E-state index contributed by atoms with van der Waals surface area (Å²) in [5.41, 5.74) is 0.609. The number of pyridine rings is 4. The van der Waals surface area contributed by atoms with Gasteiger partial charge in [-0.1, -0.05) is 12.8 Å². The van der Waals surface area contributed by atoms with Gasteiger partial charge in [-0.25, -0.2) is 0 Å². The van der Waals surface area contributed by atoms with Crippen molar-refractivity contribution in [1.82, 2.24) is 77.1 Å². The van der Waals surface area contributed by atoms with E-state index in [1.54, 1.807) is 12.1 Å². The Kier molecular flexibility index (Phi) is 27.2. The molecule has 0 spiro atoms. The molecule has 16 rings (SSSR count). The van der Waals surface area contributed by atoms with Gasteiger partial charge in [-0.3, -0.25) is 76.6 Å². The number of aromatic hydroxyl groups is 2. The smallest absolute Gasteiger partial charge is 0.263 e. The van der Waals surface area contributed by atoms with Crippen LogP contribution in [-0.4, -0.2) is 378 Å². The normalized spacial score (nSPS) is 20.8. The highest BCUT2D eigenvalue weighted by Crippen LogP contribution is 2.43. The Hall–Kier alpha value is -7.40. The highest BCUT2D eigenvalue weighted by Gasteiger charge is 2.33. The van der Waals surface area contributed by atoms with Crippen LogP contribution in [0.1, 0.15) is 51.4 Å². The van der Waals surface area contributed by atoms with Crippen LogP contribution in [0.5, 0.6) is 11.8 Å².